The van der Waals surface area contributed by atoms with Gasteiger partial charge in [0.15, 0.2) is 6.29 Å². The van der Waals surface area contributed by atoms with E-state index in [1.807, 2.05) is 6.92 Å². The van der Waals surface area contributed by atoms with Gasteiger partial charge in [0.2, 0.25) is 0 Å². The molecule has 0 saturated carbocycles. The van der Waals surface area contributed by atoms with E-state index in [4.69, 9.17) is 10.0 Å². The fourth-order valence-electron chi connectivity index (χ4n) is 1.12. The molecule has 0 amide bonds. The Morgan fingerprint density at radius 2 is 2.08 bits per heavy atom. The first-order chi connectivity index (χ1) is 6.06. The van der Waals surface area contributed by atoms with Crippen LogP contribution in [0.2, 0.25) is 0 Å². The second-order valence-electron chi connectivity index (χ2n) is 2.74. The van der Waals surface area contributed by atoms with Crippen molar-refractivity contribution in [2.75, 3.05) is 0 Å². The van der Waals surface area contributed by atoms with Gasteiger partial charge in [0, 0.05) is 10.0 Å². The smallest absolute Gasteiger partial charge is 0.423 e. The standard InChI is InChI=1S/C8H8BBrO3/c1-5-2-7(9(12)13)6(4-11)8(10)3-5/h2-4,12-13H,1H3. The summed E-state index contributed by atoms with van der Waals surface area (Å²) >= 11 is 3.17. The first-order valence-electron chi connectivity index (χ1n) is 3.67. The van der Waals surface area contributed by atoms with E-state index >= 15 is 0 Å². The Balaban J connectivity index is 3.38. The largest absolute Gasteiger partial charge is 0.489 e. The quantitative estimate of drug-likeness (QED) is 0.578. The number of carbonyl (C=O) groups is 1. The molecule has 2 N–H and O–H groups in total. The van der Waals surface area contributed by atoms with Crippen LogP contribution in [0.5, 0.6) is 0 Å². The molecular formula is C8H8BBrO3. The fourth-order valence-corrected chi connectivity index (χ4v) is 1.80. The minimum absolute atomic E-state index is 0.224. The van der Waals surface area contributed by atoms with Crippen LogP contribution >= 0.6 is 15.9 Å². The maximum absolute atomic E-state index is 10.6. The molecule has 0 radical (unpaired) electrons. The molecule has 68 valence electrons. The van der Waals surface area contributed by atoms with E-state index in [-0.39, 0.29) is 11.0 Å². The summed E-state index contributed by atoms with van der Waals surface area (Å²) in [5.41, 5.74) is 1.36. The molecule has 0 unspecified atom stereocenters. The third-order valence-electron chi connectivity index (χ3n) is 1.70. The fraction of sp³-hybridized carbons (Fsp3) is 0.125. The van der Waals surface area contributed by atoms with Crippen LogP contribution in [0.1, 0.15) is 15.9 Å². The van der Waals surface area contributed by atoms with Crippen LogP contribution in [0.25, 0.3) is 0 Å². The molecule has 0 heterocycles. The minimum atomic E-state index is -1.61. The highest BCUT2D eigenvalue weighted by molar-refractivity contribution is 9.10. The van der Waals surface area contributed by atoms with Gasteiger partial charge >= 0.3 is 7.12 Å². The van der Waals surface area contributed by atoms with Crippen LogP contribution in [-0.2, 0) is 0 Å². The first-order valence-corrected chi connectivity index (χ1v) is 4.47. The molecule has 13 heavy (non-hydrogen) atoms. The van der Waals surface area contributed by atoms with Crippen molar-refractivity contribution < 1.29 is 14.8 Å². The molecule has 3 nitrogen and oxygen atoms in total. The summed E-state index contributed by atoms with van der Waals surface area (Å²) in [4.78, 5) is 10.6. The Morgan fingerprint density at radius 1 is 1.46 bits per heavy atom. The maximum atomic E-state index is 10.6. The zero-order valence-corrected chi connectivity index (χ0v) is 8.58. The van der Waals surface area contributed by atoms with Gasteiger partial charge in [-0.15, -0.1) is 0 Å². The molecular weight excluding hydrogens is 235 g/mol. The first kappa shape index (κ1) is 10.4. The van der Waals surface area contributed by atoms with Gasteiger partial charge < -0.3 is 10.0 Å². The molecule has 0 bridgehead atoms. The Labute approximate surface area is 84.7 Å². The third kappa shape index (κ3) is 2.18. The summed E-state index contributed by atoms with van der Waals surface area (Å²) < 4.78 is 0.575. The number of aldehydes is 1. The van der Waals surface area contributed by atoms with E-state index in [1.54, 1.807) is 12.1 Å². The lowest BCUT2D eigenvalue weighted by atomic mass is 9.76. The van der Waals surface area contributed by atoms with E-state index in [0.29, 0.717) is 10.8 Å². The Morgan fingerprint density at radius 3 is 2.54 bits per heavy atom. The van der Waals surface area contributed by atoms with Crippen LogP contribution in [0, 0.1) is 6.92 Å². The summed E-state index contributed by atoms with van der Waals surface area (Å²) in [6.07, 6.45) is 0.596. The molecule has 0 fully saturated rings. The van der Waals surface area contributed by atoms with E-state index in [0.717, 1.165) is 5.56 Å². The number of rotatable bonds is 2. The lowest BCUT2D eigenvalue weighted by Gasteiger charge is -2.06. The van der Waals surface area contributed by atoms with Gasteiger partial charge in [0.05, 0.1) is 0 Å². The highest BCUT2D eigenvalue weighted by Gasteiger charge is 2.17. The minimum Gasteiger partial charge on any atom is -0.423 e. The Kier molecular flexibility index (Phi) is 3.25. The molecule has 0 aromatic heterocycles. The van der Waals surface area contributed by atoms with E-state index in [9.17, 15) is 4.79 Å². The molecule has 0 saturated heterocycles. The molecule has 0 atom stereocenters. The molecule has 0 aliphatic heterocycles. The van der Waals surface area contributed by atoms with Crippen molar-refractivity contribution >= 4 is 34.8 Å². The van der Waals surface area contributed by atoms with Crippen LogP contribution in [0.15, 0.2) is 16.6 Å². The number of benzene rings is 1. The second-order valence-corrected chi connectivity index (χ2v) is 3.60. The zero-order valence-electron chi connectivity index (χ0n) is 6.99. The zero-order chi connectivity index (χ0) is 10.0. The lowest BCUT2D eigenvalue weighted by Crippen LogP contribution is -2.33. The van der Waals surface area contributed by atoms with Crippen LogP contribution in [-0.4, -0.2) is 23.5 Å². The number of carbonyl (C=O) groups excluding carboxylic acids is 1. The van der Waals surface area contributed by atoms with E-state index in [2.05, 4.69) is 15.9 Å². The lowest BCUT2D eigenvalue weighted by molar-refractivity contribution is 0.112. The average molecular weight is 243 g/mol. The predicted octanol–water partition coefficient (Wildman–Crippen LogP) is 0.250. The van der Waals surface area contributed by atoms with E-state index in [1.165, 1.54) is 0 Å². The van der Waals surface area contributed by atoms with Crippen molar-refractivity contribution in [2.24, 2.45) is 0 Å². The van der Waals surface area contributed by atoms with Crippen molar-refractivity contribution in [3.05, 3.63) is 27.7 Å². The molecule has 0 aliphatic rings. The van der Waals surface area contributed by atoms with Crippen molar-refractivity contribution in [3.63, 3.8) is 0 Å². The van der Waals surface area contributed by atoms with Gasteiger partial charge in [0.1, 0.15) is 0 Å². The summed E-state index contributed by atoms with van der Waals surface area (Å²) in [6.45, 7) is 1.81. The van der Waals surface area contributed by atoms with Crippen molar-refractivity contribution in [1.29, 1.82) is 0 Å². The summed E-state index contributed by atoms with van der Waals surface area (Å²) in [5.74, 6) is 0. The number of hydrogen-bond donors (Lipinski definition) is 2. The monoisotopic (exact) mass is 242 g/mol. The van der Waals surface area contributed by atoms with E-state index < -0.39 is 7.12 Å². The summed E-state index contributed by atoms with van der Waals surface area (Å²) in [5, 5.41) is 17.9. The Bertz CT molecular complexity index is 338. The highest BCUT2D eigenvalue weighted by Crippen LogP contribution is 2.15. The predicted molar refractivity (Wildman–Crippen MR) is 54.1 cm³/mol. The van der Waals surface area contributed by atoms with Gasteiger partial charge in [0.25, 0.3) is 0 Å². The molecule has 0 spiro atoms. The molecule has 1 aromatic carbocycles. The topological polar surface area (TPSA) is 57.5 Å². The van der Waals surface area contributed by atoms with Crippen molar-refractivity contribution in [1.82, 2.24) is 0 Å². The van der Waals surface area contributed by atoms with Crippen molar-refractivity contribution in [3.8, 4) is 0 Å². The van der Waals surface area contributed by atoms with Crippen LogP contribution < -0.4 is 5.46 Å². The maximum Gasteiger partial charge on any atom is 0.489 e. The average Bonchev–Trinajstić information content (AvgIpc) is 2.02. The Hall–Kier alpha value is -0.645. The van der Waals surface area contributed by atoms with Gasteiger partial charge in [-0.3, -0.25) is 4.79 Å². The molecule has 1 aromatic rings. The molecule has 5 heteroatoms. The van der Waals surface area contributed by atoms with Gasteiger partial charge in [-0.2, -0.15) is 0 Å². The molecule has 0 aliphatic carbocycles. The second kappa shape index (κ2) is 4.04. The van der Waals surface area contributed by atoms with Gasteiger partial charge in [-0.25, -0.2) is 0 Å². The van der Waals surface area contributed by atoms with Crippen LogP contribution in [0.4, 0.5) is 0 Å². The highest BCUT2D eigenvalue weighted by atomic mass is 79.9. The normalized spacial score (nSPS) is 9.85. The SMILES string of the molecule is Cc1cc(Br)c(C=O)c(B(O)O)c1. The van der Waals surface area contributed by atoms with Gasteiger partial charge in [-0.1, -0.05) is 27.6 Å². The number of halogens is 1. The summed E-state index contributed by atoms with van der Waals surface area (Å²) in [6, 6.07) is 3.31. The number of aryl methyl sites for hydroxylation is 1. The molecule has 1 rings (SSSR count). The van der Waals surface area contributed by atoms with Crippen molar-refractivity contribution in [2.45, 2.75) is 6.92 Å². The third-order valence-corrected chi connectivity index (χ3v) is 2.36. The van der Waals surface area contributed by atoms with Crippen LogP contribution in [0.3, 0.4) is 0 Å². The summed E-state index contributed by atoms with van der Waals surface area (Å²) in [7, 11) is -1.61. The van der Waals surface area contributed by atoms with Gasteiger partial charge in [-0.05, 0) is 18.5 Å². The number of hydrogen-bond acceptors (Lipinski definition) is 3.